The summed E-state index contributed by atoms with van der Waals surface area (Å²) in [5.41, 5.74) is 3.06. The van der Waals surface area contributed by atoms with Crippen LogP contribution in [0.15, 0.2) is 36.5 Å². The minimum atomic E-state index is -0.380. The number of amides is 1. The maximum atomic E-state index is 12.3. The zero-order valence-electron chi connectivity index (χ0n) is 13.5. The zero-order chi connectivity index (χ0) is 17.8. The van der Waals surface area contributed by atoms with Crippen LogP contribution in [0.4, 0.5) is 0 Å². The highest BCUT2D eigenvalue weighted by Gasteiger charge is 2.16. The molecule has 3 rings (SSSR count). The van der Waals surface area contributed by atoms with Gasteiger partial charge in [0.1, 0.15) is 5.69 Å². The van der Waals surface area contributed by atoms with Crippen molar-refractivity contribution in [2.75, 3.05) is 13.2 Å². The maximum Gasteiger partial charge on any atom is 0.270 e. The minimum absolute atomic E-state index is 0.144. The van der Waals surface area contributed by atoms with Gasteiger partial charge in [0, 0.05) is 23.3 Å². The fraction of sp³-hybridized carbons (Fsp3) is 0.176. The fourth-order valence-electron chi connectivity index (χ4n) is 2.30. The number of aromatic nitrogens is 4. The topological polar surface area (TPSA) is 104 Å². The van der Waals surface area contributed by atoms with Crippen LogP contribution in [0.1, 0.15) is 16.2 Å². The Kier molecular flexibility index (Phi) is 5.06. The molecule has 2 aromatic heterocycles. The van der Waals surface area contributed by atoms with E-state index in [1.807, 2.05) is 19.1 Å². The molecular formula is C17H16ClN5O2. The smallest absolute Gasteiger partial charge is 0.270 e. The molecule has 0 fully saturated rings. The third-order valence-corrected chi connectivity index (χ3v) is 3.82. The van der Waals surface area contributed by atoms with Gasteiger partial charge in [-0.3, -0.25) is 9.89 Å². The Morgan fingerprint density at radius 3 is 2.68 bits per heavy atom. The molecule has 2 heterocycles. The van der Waals surface area contributed by atoms with Crippen LogP contribution in [0.25, 0.3) is 22.6 Å². The Bertz CT molecular complexity index is 892. The van der Waals surface area contributed by atoms with E-state index in [1.165, 1.54) is 0 Å². The summed E-state index contributed by atoms with van der Waals surface area (Å²) >= 11 is 5.94. The van der Waals surface area contributed by atoms with Gasteiger partial charge < -0.3 is 10.4 Å². The summed E-state index contributed by atoms with van der Waals surface area (Å²) in [5.74, 6) is 0.0157. The number of aliphatic hydroxyl groups excluding tert-OH is 1. The van der Waals surface area contributed by atoms with Gasteiger partial charge in [-0.15, -0.1) is 0 Å². The number of H-pyrrole nitrogens is 1. The van der Waals surface area contributed by atoms with Gasteiger partial charge in [0.2, 0.25) is 0 Å². The Hall–Kier alpha value is -2.77. The number of carbonyl (C=O) groups is 1. The number of halogens is 1. The van der Waals surface area contributed by atoms with E-state index in [-0.39, 0.29) is 24.8 Å². The van der Waals surface area contributed by atoms with Crippen LogP contribution < -0.4 is 5.32 Å². The molecule has 7 nitrogen and oxygen atoms in total. The standard InChI is InChI=1S/C17H16ClN5O2/c1-10-13(9-20-23-10)16-21-14(11-2-4-12(18)5-3-11)8-15(22-16)17(25)19-6-7-24/h2-5,8-9,24H,6-7H2,1H3,(H,19,25)(H,20,23). The molecule has 0 aliphatic rings. The average molecular weight is 358 g/mol. The lowest BCUT2D eigenvalue weighted by atomic mass is 10.1. The van der Waals surface area contributed by atoms with Crippen molar-refractivity contribution in [2.24, 2.45) is 0 Å². The van der Waals surface area contributed by atoms with Crippen LogP contribution in [0.3, 0.4) is 0 Å². The largest absolute Gasteiger partial charge is 0.395 e. The van der Waals surface area contributed by atoms with E-state index >= 15 is 0 Å². The van der Waals surface area contributed by atoms with Crippen molar-refractivity contribution in [1.29, 1.82) is 0 Å². The Morgan fingerprint density at radius 1 is 1.28 bits per heavy atom. The second-order valence-corrected chi connectivity index (χ2v) is 5.77. The zero-order valence-corrected chi connectivity index (χ0v) is 14.2. The van der Waals surface area contributed by atoms with Crippen molar-refractivity contribution < 1.29 is 9.90 Å². The van der Waals surface area contributed by atoms with Crippen molar-refractivity contribution >= 4 is 17.5 Å². The predicted molar refractivity (Wildman–Crippen MR) is 94.2 cm³/mol. The van der Waals surface area contributed by atoms with Gasteiger partial charge in [-0.25, -0.2) is 9.97 Å². The van der Waals surface area contributed by atoms with Crippen LogP contribution in [0.2, 0.25) is 5.02 Å². The highest BCUT2D eigenvalue weighted by atomic mass is 35.5. The lowest BCUT2D eigenvalue weighted by Gasteiger charge is -2.08. The molecule has 25 heavy (non-hydrogen) atoms. The molecule has 0 aliphatic heterocycles. The Morgan fingerprint density at radius 2 is 2.04 bits per heavy atom. The summed E-state index contributed by atoms with van der Waals surface area (Å²) in [6, 6.07) is 8.77. The minimum Gasteiger partial charge on any atom is -0.395 e. The van der Waals surface area contributed by atoms with Crippen molar-refractivity contribution in [3.63, 3.8) is 0 Å². The normalized spacial score (nSPS) is 10.7. The van der Waals surface area contributed by atoms with Crippen molar-refractivity contribution in [3.05, 3.63) is 52.9 Å². The number of carbonyl (C=O) groups excluding carboxylic acids is 1. The fourth-order valence-corrected chi connectivity index (χ4v) is 2.42. The van der Waals surface area contributed by atoms with Gasteiger partial charge in [0.15, 0.2) is 5.82 Å². The molecule has 1 amide bonds. The summed E-state index contributed by atoms with van der Waals surface area (Å²) in [4.78, 5) is 21.2. The first-order valence-electron chi connectivity index (χ1n) is 7.63. The van der Waals surface area contributed by atoms with E-state index in [2.05, 4.69) is 25.5 Å². The first kappa shape index (κ1) is 17.1. The molecule has 3 N–H and O–H groups in total. The summed E-state index contributed by atoms with van der Waals surface area (Å²) in [6.45, 7) is 1.84. The number of rotatable bonds is 5. The molecule has 0 saturated carbocycles. The molecule has 0 spiro atoms. The molecule has 0 radical (unpaired) electrons. The highest BCUT2D eigenvalue weighted by molar-refractivity contribution is 6.30. The molecule has 0 aliphatic carbocycles. The SMILES string of the molecule is Cc1n[nH]cc1-c1nc(C(=O)NCCO)cc(-c2ccc(Cl)cc2)n1. The lowest BCUT2D eigenvalue weighted by Crippen LogP contribution is -2.27. The predicted octanol–water partition coefficient (Wildman–Crippen LogP) is 2.22. The first-order valence-corrected chi connectivity index (χ1v) is 8.01. The number of hydrogen-bond donors (Lipinski definition) is 3. The van der Waals surface area contributed by atoms with E-state index < -0.39 is 0 Å². The van der Waals surface area contributed by atoms with Crippen LogP contribution >= 0.6 is 11.6 Å². The highest BCUT2D eigenvalue weighted by Crippen LogP contribution is 2.24. The van der Waals surface area contributed by atoms with E-state index in [1.54, 1.807) is 24.4 Å². The van der Waals surface area contributed by atoms with Gasteiger partial charge >= 0.3 is 0 Å². The quantitative estimate of drug-likeness (QED) is 0.649. The van der Waals surface area contributed by atoms with Crippen molar-refractivity contribution in [2.45, 2.75) is 6.92 Å². The third-order valence-electron chi connectivity index (χ3n) is 3.57. The van der Waals surface area contributed by atoms with Crippen molar-refractivity contribution in [3.8, 4) is 22.6 Å². The van der Waals surface area contributed by atoms with Crippen molar-refractivity contribution in [1.82, 2.24) is 25.5 Å². The van der Waals surface area contributed by atoms with Crippen LogP contribution in [-0.4, -0.2) is 44.3 Å². The number of hydrogen-bond acceptors (Lipinski definition) is 5. The van der Waals surface area contributed by atoms with Gasteiger partial charge in [-0.1, -0.05) is 23.7 Å². The summed E-state index contributed by atoms with van der Waals surface area (Å²) < 4.78 is 0. The van der Waals surface area contributed by atoms with E-state index in [0.717, 1.165) is 11.3 Å². The monoisotopic (exact) mass is 357 g/mol. The molecule has 3 aromatic rings. The first-order chi connectivity index (χ1) is 12.1. The molecule has 0 atom stereocenters. The second kappa shape index (κ2) is 7.42. The van der Waals surface area contributed by atoms with Gasteiger partial charge in [0.05, 0.1) is 23.6 Å². The average Bonchev–Trinajstić information content (AvgIpc) is 3.06. The van der Waals surface area contributed by atoms with E-state index in [9.17, 15) is 4.79 Å². The number of nitrogens with one attached hydrogen (secondary N) is 2. The third kappa shape index (κ3) is 3.84. The Labute approximate surface area is 149 Å². The Balaban J connectivity index is 2.09. The molecule has 1 aromatic carbocycles. The van der Waals surface area contributed by atoms with Gasteiger partial charge in [-0.05, 0) is 25.1 Å². The van der Waals surface area contributed by atoms with Gasteiger partial charge in [-0.2, -0.15) is 5.10 Å². The lowest BCUT2D eigenvalue weighted by molar-refractivity contribution is 0.0940. The van der Waals surface area contributed by atoms with E-state index in [0.29, 0.717) is 22.1 Å². The van der Waals surface area contributed by atoms with Crippen LogP contribution in [-0.2, 0) is 0 Å². The molecule has 0 bridgehead atoms. The van der Waals surface area contributed by atoms with Gasteiger partial charge in [0.25, 0.3) is 5.91 Å². The number of benzene rings is 1. The second-order valence-electron chi connectivity index (χ2n) is 5.33. The molecule has 128 valence electrons. The molecule has 0 unspecified atom stereocenters. The summed E-state index contributed by atoms with van der Waals surface area (Å²) in [5, 5.41) is 18.9. The number of aryl methyl sites for hydroxylation is 1. The maximum absolute atomic E-state index is 12.3. The number of aliphatic hydroxyl groups is 1. The molecule has 0 saturated heterocycles. The summed E-state index contributed by atoms with van der Waals surface area (Å²) in [6.07, 6.45) is 1.69. The number of nitrogens with zero attached hydrogens (tertiary/aromatic N) is 3. The van der Waals surface area contributed by atoms with Crippen LogP contribution in [0, 0.1) is 6.92 Å². The number of aromatic amines is 1. The molecular weight excluding hydrogens is 342 g/mol. The summed E-state index contributed by atoms with van der Waals surface area (Å²) in [7, 11) is 0. The van der Waals surface area contributed by atoms with E-state index in [4.69, 9.17) is 16.7 Å². The van der Waals surface area contributed by atoms with Crippen LogP contribution in [0.5, 0.6) is 0 Å². The molecule has 8 heteroatoms.